The van der Waals surface area contributed by atoms with Gasteiger partial charge in [0.15, 0.2) is 9.84 Å². The second-order valence-corrected chi connectivity index (χ2v) is 14.2. The zero-order valence-corrected chi connectivity index (χ0v) is 25.4. The van der Waals surface area contributed by atoms with E-state index in [1.54, 1.807) is 6.07 Å². The normalized spacial score (nSPS) is 15.4. The quantitative estimate of drug-likeness (QED) is 0.275. The number of ether oxygens (including phenoxy) is 2. The summed E-state index contributed by atoms with van der Waals surface area (Å²) in [6, 6.07) is 17.3. The Morgan fingerprint density at radius 2 is 1.68 bits per heavy atom. The van der Waals surface area contributed by atoms with Gasteiger partial charge in [0.2, 0.25) is 0 Å². The highest BCUT2D eigenvalue weighted by Crippen LogP contribution is 2.33. The molecule has 0 unspecified atom stereocenters. The number of nitrogens with one attached hydrogen (secondary N) is 1. The van der Waals surface area contributed by atoms with Crippen molar-refractivity contribution in [2.24, 2.45) is 0 Å². The van der Waals surface area contributed by atoms with Gasteiger partial charge in [-0.3, -0.25) is 4.79 Å². The van der Waals surface area contributed by atoms with Gasteiger partial charge in [0.05, 0.1) is 11.5 Å². The molecule has 0 aromatic heterocycles. The summed E-state index contributed by atoms with van der Waals surface area (Å²) in [5.41, 5.74) is 6.02. The molecule has 220 valence electrons. The molecule has 0 aliphatic carbocycles. The molecule has 1 N–H and O–H groups in total. The van der Waals surface area contributed by atoms with Crippen molar-refractivity contribution in [3.8, 4) is 16.9 Å². The standard InChI is InChI=1S/C33H40FNO5S/c1-22-17-29(39-28-13-15-41(37,38)16-14-28)18-23(2)32(22)26-8-6-7-24(19-26)21-35-27-11-9-25(30(34)20-27)10-12-31(36)40-33(3,4)5/h6-9,11,17-20,28,35H,10,12-16,21H2,1-5H3. The minimum atomic E-state index is -2.93. The fourth-order valence-corrected chi connectivity index (χ4v) is 6.60. The summed E-state index contributed by atoms with van der Waals surface area (Å²) in [5, 5.41) is 3.30. The molecular formula is C33H40FNO5S. The molecule has 0 spiro atoms. The fraction of sp³-hybridized carbons (Fsp3) is 0.424. The minimum Gasteiger partial charge on any atom is -0.490 e. The topological polar surface area (TPSA) is 81.7 Å². The summed E-state index contributed by atoms with van der Waals surface area (Å²) in [5.74, 6) is 0.436. The Balaban J connectivity index is 1.38. The number of rotatable bonds is 9. The van der Waals surface area contributed by atoms with Crippen molar-refractivity contribution >= 4 is 21.5 Å². The molecule has 1 aliphatic rings. The first-order valence-electron chi connectivity index (χ1n) is 14.1. The van der Waals surface area contributed by atoms with Crippen molar-refractivity contribution in [3.63, 3.8) is 0 Å². The average molecular weight is 582 g/mol. The Bertz CT molecular complexity index is 1470. The first-order valence-corrected chi connectivity index (χ1v) is 15.9. The van der Waals surface area contributed by atoms with Crippen LogP contribution >= 0.6 is 0 Å². The number of anilines is 1. The SMILES string of the molecule is Cc1cc(OC2CCS(=O)(=O)CC2)cc(C)c1-c1cccc(CNc2ccc(CCC(=O)OC(C)(C)C)c(F)c2)c1. The zero-order chi connectivity index (χ0) is 29.8. The number of halogens is 1. The summed E-state index contributed by atoms with van der Waals surface area (Å²) in [6.07, 6.45) is 1.38. The zero-order valence-electron chi connectivity index (χ0n) is 24.6. The highest BCUT2D eigenvalue weighted by molar-refractivity contribution is 7.91. The highest BCUT2D eigenvalue weighted by Gasteiger charge is 2.25. The number of carbonyl (C=O) groups excluding carboxylic acids is 1. The van der Waals surface area contributed by atoms with Crippen LogP contribution in [0.1, 0.15) is 62.3 Å². The van der Waals surface area contributed by atoms with E-state index >= 15 is 0 Å². The molecule has 3 aromatic rings. The molecule has 1 aliphatic heterocycles. The Kier molecular flexibility index (Phi) is 9.42. The van der Waals surface area contributed by atoms with Crippen LogP contribution in [-0.4, -0.2) is 37.6 Å². The van der Waals surface area contributed by atoms with Gasteiger partial charge in [-0.25, -0.2) is 12.8 Å². The average Bonchev–Trinajstić information content (AvgIpc) is 2.87. The first-order chi connectivity index (χ1) is 19.3. The van der Waals surface area contributed by atoms with E-state index in [1.807, 2.05) is 51.1 Å². The predicted octanol–water partition coefficient (Wildman–Crippen LogP) is 6.95. The number of hydrogen-bond donors (Lipinski definition) is 1. The van der Waals surface area contributed by atoms with Crippen LogP contribution in [0, 0.1) is 19.7 Å². The summed E-state index contributed by atoms with van der Waals surface area (Å²) in [7, 11) is -2.93. The van der Waals surface area contributed by atoms with Gasteiger partial charge in [0.1, 0.15) is 23.3 Å². The molecule has 1 saturated heterocycles. The van der Waals surface area contributed by atoms with E-state index in [0.29, 0.717) is 30.6 Å². The fourth-order valence-electron chi connectivity index (χ4n) is 5.16. The number of benzene rings is 3. The van der Waals surface area contributed by atoms with Gasteiger partial charge < -0.3 is 14.8 Å². The van der Waals surface area contributed by atoms with E-state index in [4.69, 9.17) is 9.47 Å². The maximum atomic E-state index is 14.7. The third kappa shape index (κ3) is 8.80. The van der Waals surface area contributed by atoms with Gasteiger partial charge >= 0.3 is 5.97 Å². The maximum Gasteiger partial charge on any atom is 0.306 e. The van der Waals surface area contributed by atoms with E-state index in [1.165, 1.54) is 6.07 Å². The van der Waals surface area contributed by atoms with Crippen molar-refractivity contribution in [1.29, 1.82) is 0 Å². The van der Waals surface area contributed by atoms with Crippen molar-refractivity contribution in [3.05, 3.63) is 82.7 Å². The van der Waals surface area contributed by atoms with Crippen LogP contribution in [-0.2, 0) is 32.3 Å². The van der Waals surface area contributed by atoms with Gasteiger partial charge in [-0.05, 0) is 118 Å². The van der Waals surface area contributed by atoms with Crippen molar-refractivity contribution in [2.75, 3.05) is 16.8 Å². The van der Waals surface area contributed by atoms with Gasteiger partial charge in [0, 0.05) is 18.7 Å². The lowest BCUT2D eigenvalue weighted by Gasteiger charge is -2.24. The summed E-state index contributed by atoms with van der Waals surface area (Å²) < 4.78 is 49.6. The molecule has 4 rings (SSSR count). The van der Waals surface area contributed by atoms with E-state index < -0.39 is 15.4 Å². The maximum absolute atomic E-state index is 14.7. The number of carbonyl (C=O) groups is 1. The lowest BCUT2D eigenvalue weighted by atomic mass is 9.94. The Morgan fingerprint density at radius 1 is 1.00 bits per heavy atom. The van der Waals surface area contributed by atoms with Crippen LogP contribution in [0.25, 0.3) is 11.1 Å². The Morgan fingerprint density at radius 3 is 2.32 bits per heavy atom. The molecule has 1 fully saturated rings. The van der Waals surface area contributed by atoms with Gasteiger partial charge in [0.25, 0.3) is 0 Å². The third-order valence-electron chi connectivity index (χ3n) is 7.09. The van der Waals surface area contributed by atoms with Gasteiger partial charge in [-0.15, -0.1) is 0 Å². The van der Waals surface area contributed by atoms with E-state index in [0.717, 1.165) is 33.6 Å². The second kappa shape index (κ2) is 12.6. The molecule has 8 heteroatoms. The smallest absolute Gasteiger partial charge is 0.306 e. The van der Waals surface area contributed by atoms with Crippen LogP contribution in [0.5, 0.6) is 5.75 Å². The van der Waals surface area contributed by atoms with E-state index in [-0.39, 0.29) is 42.2 Å². The van der Waals surface area contributed by atoms with Crippen LogP contribution < -0.4 is 10.1 Å². The molecular weight excluding hydrogens is 541 g/mol. The van der Waals surface area contributed by atoms with E-state index in [9.17, 15) is 17.6 Å². The first kappa shape index (κ1) is 30.6. The predicted molar refractivity (Wildman–Crippen MR) is 162 cm³/mol. The Hall–Kier alpha value is -3.39. The van der Waals surface area contributed by atoms with Crippen molar-refractivity contribution < 1.29 is 27.1 Å². The molecule has 0 saturated carbocycles. The molecule has 0 atom stereocenters. The Labute approximate surface area is 243 Å². The van der Waals surface area contributed by atoms with Crippen LogP contribution in [0.2, 0.25) is 0 Å². The number of aryl methyl sites for hydroxylation is 3. The summed E-state index contributed by atoms with van der Waals surface area (Å²) in [6.45, 7) is 10.1. The molecule has 6 nitrogen and oxygen atoms in total. The highest BCUT2D eigenvalue weighted by atomic mass is 32.2. The van der Waals surface area contributed by atoms with Crippen molar-refractivity contribution in [1.82, 2.24) is 0 Å². The molecule has 3 aromatic carbocycles. The van der Waals surface area contributed by atoms with Gasteiger partial charge in [-0.2, -0.15) is 0 Å². The second-order valence-electron chi connectivity index (χ2n) is 11.8. The van der Waals surface area contributed by atoms with Crippen LogP contribution in [0.4, 0.5) is 10.1 Å². The van der Waals surface area contributed by atoms with Crippen LogP contribution in [0.3, 0.4) is 0 Å². The van der Waals surface area contributed by atoms with E-state index in [2.05, 4.69) is 31.3 Å². The molecule has 41 heavy (non-hydrogen) atoms. The summed E-state index contributed by atoms with van der Waals surface area (Å²) in [4.78, 5) is 12.0. The monoisotopic (exact) mass is 581 g/mol. The number of sulfone groups is 1. The van der Waals surface area contributed by atoms with Crippen LogP contribution in [0.15, 0.2) is 54.6 Å². The third-order valence-corrected chi connectivity index (χ3v) is 8.81. The summed E-state index contributed by atoms with van der Waals surface area (Å²) >= 11 is 0. The molecule has 0 amide bonds. The lowest BCUT2D eigenvalue weighted by molar-refractivity contribution is -0.154. The lowest BCUT2D eigenvalue weighted by Crippen LogP contribution is -2.30. The van der Waals surface area contributed by atoms with Gasteiger partial charge in [-0.1, -0.05) is 24.3 Å². The largest absolute Gasteiger partial charge is 0.490 e. The molecule has 0 radical (unpaired) electrons. The number of hydrogen-bond acceptors (Lipinski definition) is 6. The van der Waals surface area contributed by atoms with Crippen molar-refractivity contribution in [2.45, 2.75) is 78.6 Å². The molecule has 1 heterocycles. The minimum absolute atomic E-state index is 0.0820. The molecule has 0 bridgehead atoms. The number of esters is 1.